The summed E-state index contributed by atoms with van der Waals surface area (Å²) >= 11 is -0.727. The fourth-order valence-corrected chi connectivity index (χ4v) is 9.18. The Morgan fingerprint density at radius 1 is 0.852 bits per heavy atom. The molecule has 0 saturated heterocycles. The average Bonchev–Trinajstić information content (AvgIpc) is 3.16. The molecule has 0 bridgehead atoms. The SMILES string of the molecule is CC1=C(C)C(C)[C]([Zr][CH]2C=C(C(C)c3ccccc3)c3ccccc32)=C1C. The summed E-state index contributed by atoms with van der Waals surface area (Å²) in [6.45, 7) is 11.8. The van der Waals surface area contributed by atoms with Gasteiger partial charge in [0.15, 0.2) is 0 Å². The molecular formula is C26H28Zr. The molecule has 0 amide bonds. The van der Waals surface area contributed by atoms with Crippen molar-refractivity contribution in [2.24, 2.45) is 5.92 Å². The van der Waals surface area contributed by atoms with Gasteiger partial charge < -0.3 is 0 Å². The maximum atomic E-state index is 2.63. The van der Waals surface area contributed by atoms with Crippen LogP contribution in [0.2, 0.25) is 0 Å². The Kier molecular flexibility index (Phi) is 5.26. The summed E-state index contributed by atoms with van der Waals surface area (Å²) in [6, 6.07) is 20.1. The predicted octanol–water partition coefficient (Wildman–Crippen LogP) is 7.27. The van der Waals surface area contributed by atoms with Gasteiger partial charge in [-0.15, -0.1) is 0 Å². The van der Waals surface area contributed by atoms with Crippen molar-refractivity contribution in [1.29, 1.82) is 0 Å². The number of rotatable bonds is 4. The van der Waals surface area contributed by atoms with Gasteiger partial charge in [-0.2, -0.15) is 0 Å². The van der Waals surface area contributed by atoms with Crippen LogP contribution >= 0.6 is 0 Å². The zero-order chi connectivity index (χ0) is 19.1. The zero-order valence-corrected chi connectivity index (χ0v) is 19.5. The van der Waals surface area contributed by atoms with Crippen molar-refractivity contribution in [2.45, 2.75) is 44.2 Å². The molecule has 2 aliphatic carbocycles. The Hall–Kier alpha value is -1.46. The first kappa shape index (κ1) is 18.9. The second-order valence-corrected chi connectivity index (χ2v) is 11.6. The molecule has 0 heterocycles. The van der Waals surface area contributed by atoms with Crippen LogP contribution in [0, 0.1) is 5.92 Å². The van der Waals surface area contributed by atoms with Gasteiger partial charge in [0.1, 0.15) is 0 Å². The van der Waals surface area contributed by atoms with Gasteiger partial charge in [-0.05, 0) is 0 Å². The molecule has 136 valence electrons. The molecule has 2 aromatic carbocycles. The van der Waals surface area contributed by atoms with Crippen LogP contribution in [0.4, 0.5) is 0 Å². The Morgan fingerprint density at radius 3 is 2.19 bits per heavy atom. The van der Waals surface area contributed by atoms with Crippen molar-refractivity contribution in [3.63, 3.8) is 0 Å². The normalized spacial score (nSPS) is 22.8. The number of fused-ring (bicyclic) bond motifs is 1. The van der Waals surface area contributed by atoms with E-state index in [-0.39, 0.29) is 0 Å². The minimum atomic E-state index is -0.727. The Labute approximate surface area is 175 Å². The summed E-state index contributed by atoms with van der Waals surface area (Å²) in [7, 11) is 0. The third-order valence-corrected chi connectivity index (χ3v) is 11.4. The molecule has 2 aromatic rings. The first-order chi connectivity index (χ1) is 13.0. The number of hydrogen-bond acceptors (Lipinski definition) is 0. The van der Waals surface area contributed by atoms with Crippen LogP contribution in [-0.4, -0.2) is 0 Å². The van der Waals surface area contributed by atoms with Crippen molar-refractivity contribution in [3.05, 3.63) is 97.4 Å². The fraction of sp³-hybridized carbons (Fsp3) is 0.308. The van der Waals surface area contributed by atoms with Crippen molar-refractivity contribution < 1.29 is 23.2 Å². The molecule has 0 aliphatic heterocycles. The second-order valence-electron chi connectivity index (χ2n) is 8.03. The summed E-state index contributed by atoms with van der Waals surface area (Å²) in [6.07, 6.45) is 2.63. The topological polar surface area (TPSA) is 0 Å². The molecule has 0 fully saturated rings. The molecule has 0 spiro atoms. The Bertz CT molecular complexity index is 959. The van der Waals surface area contributed by atoms with Crippen LogP contribution in [-0.2, 0) is 23.2 Å². The maximum absolute atomic E-state index is 2.63. The standard InChI is InChI=1S/C17H15.C9H13.Zr/c1-13(14-7-3-2-4-8-14)16-12-11-15-9-5-6-10-17(15)16;1-6-5-7(2)9(4)8(6)3;/h2-13H,1H3;6H,1-4H3;. The Balaban J connectivity index is 1.70. The van der Waals surface area contributed by atoms with Gasteiger partial charge in [-0.25, -0.2) is 0 Å². The van der Waals surface area contributed by atoms with E-state index in [1.165, 1.54) is 16.7 Å². The molecule has 1 heteroatoms. The fourth-order valence-electron chi connectivity index (χ4n) is 4.57. The van der Waals surface area contributed by atoms with E-state index in [0.29, 0.717) is 15.5 Å². The van der Waals surface area contributed by atoms with Crippen LogP contribution in [0.1, 0.15) is 60.9 Å². The third kappa shape index (κ3) is 3.29. The first-order valence-corrected chi connectivity index (χ1v) is 12.6. The summed E-state index contributed by atoms with van der Waals surface area (Å²) in [4.78, 5) is 0. The molecule has 0 aromatic heterocycles. The van der Waals surface area contributed by atoms with Gasteiger partial charge in [0.2, 0.25) is 0 Å². The van der Waals surface area contributed by atoms with E-state index in [9.17, 15) is 0 Å². The van der Waals surface area contributed by atoms with Gasteiger partial charge in [0, 0.05) is 0 Å². The van der Waals surface area contributed by atoms with Crippen molar-refractivity contribution in [3.8, 4) is 0 Å². The molecule has 4 rings (SSSR count). The van der Waals surface area contributed by atoms with Gasteiger partial charge in [-0.1, -0.05) is 0 Å². The van der Waals surface area contributed by atoms with E-state index in [4.69, 9.17) is 0 Å². The molecular weight excluding hydrogens is 404 g/mol. The van der Waals surface area contributed by atoms with E-state index < -0.39 is 23.2 Å². The molecule has 0 N–H and O–H groups in total. The van der Waals surface area contributed by atoms with Crippen LogP contribution in [0.15, 0.2) is 80.7 Å². The van der Waals surface area contributed by atoms with Crippen LogP contribution < -0.4 is 0 Å². The molecule has 27 heavy (non-hydrogen) atoms. The summed E-state index contributed by atoms with van der Waals surface area (Å²) < 4.78 is 2.47. The van der Waals surface area contributed by atoms with Gasteiger partial charge in [0.05, 0.1) is 0 Å². The predicted molar refractivity (Wildman–Crippen MR) is 112 cm³/mol. The second kappa shape index (κ2) is 7.52. The molecule has 0 saturated carbocycles. The van der Waals surface area contributed by atoms with Crippen molar-refractivity contribution in [1.82, 2.24) is 0 Å². The van der Waals surface area contributed by atoms with Gasteiger partial charge in [-0.3, -0.25) is 0 Å². The summed E-state index contributed by atoms with van der Waals surface area (Å²) in [5.41, 5.74) is 10.8. The van der Waals surface area contributed by atoms with E-state index >= 15 is 0 Å². The van der Waals surface area contributed by atoms with Crippen LogP contribution in [0.3, 0.4) is 0 Å². The Morgan fingerprint density at radius 2 is 1.52 bits per heavy atom. The van der Waals surface area contributed by atoms with Crippen molar-refractivity contribution in [2.75, 3.05) is 0 Å². The molecule has 2 aliphatic rings. The van der Waals surface area contributed by atoms with E-state index in [0.717, 1.165) is 0 Å². The number of benzene rings is 2. The van der Waals surface area contributed by atoms with E-state index in [1.807, 2.05) is 0 Å². The van der Waals surface area contributed by atoms with Crippen molar-refractivity contribution >= 4 is 5.57 Å². The minimum absolute atomic E-state index is 0.453. The number of hydrogen-bond donors (Lipinski definition) is 0. The first-order valence-electron chi connectivity index (χ1n) is 10.00. The van der Waals surface area contributed by atoms with Gasteiger partial charge >= 0.3 is 176 Å². The van der Waals surface area contributed by atoms with E-state index in [2.05, 4.69) is 95.3 Å². The molecule has 0 nitrogen and oxygen atoms in total. The average molecular weight is 432 g/mol. The van der Waals surface area contributed by atoms with Gasteiger partial charge in [0.25, 0.3) is 0 Å². The molecule has 3 unspecified atom stereocenters. The van der Waals surface area contributed by atoms with Crippen LogP contribution in [0.25, 0.3) is 5.57 Å². The van der Waals surface area contributed by atoms with E-state index in [1.54, 1.807) is 25.6 Å². The summed E-state index contributed by atoms with van der Waals surface area (Å²) in [5, 5.41) is 0. The summed E-state index contributed by atoms with van der Waals surface area (Å²) in [5.74, 6) is 1.11. The zero-order valence-electron chi connectivity index (χ0n) is 17.0. The van der Waals surface area contributed by atoms with Crippen LogP contribution in [0.5, 0.6) is 0 Å². The number of allylic oxidation sites excluding steroid dienone is 6. The monoisotopic (exact) mass is 430 g/mol. The molecule has 0 radical (unpaired) electrons. The molecule has 3 atom stereocenters. The third-order valence-electron chi connectivity index (χ3n) is 6.67. The quantitative estimate of drug-likeness (QED) is 0.477.